The van der Waals surface area contributed by atoms with Crippen LogP contribution < -0.4 is 5.32 Å². The summed E-state index contributed by atoms with van der Waals surface area (Å²) in [5.74, 6) is 1.74. The van der Waals surface area contributed by atoms with Gasteiger partial charge in [-0.05, 0) is 42.8 Å². The Morgan fingerprint density at radius 2 is 2.11 bits per heavy atom. The zero-order valence-electron chi connectivity index (χ0n) is 12.0. The van der Waals surface area contributed by atoms with Crippen LogP contribution in [0, 0.1) is 5.92 Å². The zero-order valence-corrected chi connectivity index (χ0v) is 12.8. The molecule has 0 radical (unpaired) electrons. The Morgan fingerprint density at radius 3 is 2.68 bits per heavy atom. The Hall–Kier alpha value is -0.510. The van der Waals surface area contributed by atoms with Crippen LogP contribution in [-0.2, 0) is 4.74 Å². The van der Waals surface area contributed by atoms with E-state index in [9.17, 15) is 0 Å². The van der Waals surface area contributed by atoms with Crippen LogP contribution in [0.1, 0.15) is 38.3 Å². The Bertz CT molecular complexity index is 360. The quantitative estimate of drug-likeness (QED) is 0.799. The highest BCUT2D eigenvalue weighted by Gasteiger charge is 2.24. The number of thioether (sulfide) groups is 1. The Balaban J connectivity index is 2.08. The number of hydrogen-bond donors (Lipinski definition) is 1. The first-order valence-corrected chi connectivity index (χ1v) is 8.37. The third-order valence-electron chi connectivity index (χ3n) is 3.64. The van der Waals surface area contributed by atoms with Gasteiger partial charge < -0.3 is 10.1 Å². The van der Waals surface area contributed by atoms with E-state index < -0.39 is 0 Å². The molecule has 0 spiro atoms. The van der Waals surface area contributed by atoms with E-state index in [1.165, 1.54) is 23.3 Å². The summed E-state index contributed by atoms with van der Waals surface area (Å²) in [4.78, 5) is 1.36. The van der Waals surface area contributed by atoms with Crippen LogP contribution in [0.4, 0.5) is 0 Å². The number of benzene rings is 1. The van der Waals surface area contributed by atoms with Crippen LogP contribution in [0.3, 0.4) is 0 Å². The highest BCUT2D eigenvalue weighted by molar-refractivity contribution is 7.99. The summed E-state index contributed by atoms with van der Waals surface area (Å²) in [6.07, 6.45) is 2.46. The summed E-state index contributed by atoms with van der Waals surface area (Å²) in [7, 11) is 0. The molecule has 1 N–H and O–H groups in total. The number of nitrogens with one attached hydrogen (secondary N) is 1. The average Bonchev–Trinajstić information content (AvgIpc) is 2.47. The molecule has 1 aromatic rings. The predicted molar refractivity (Wildman–Crippen MR) is 82.8 cm³/mol. The largest absolute Gasteiger partial charge is 0.381 e. The summed E-state index contributed by atoms with van der Waals surface area (Å²) in [5.41, 5.74) is 1.40. The van der Waals surface area contributed by atoms with Crippen molar-refractivity contribution in [3.8, 4) is 0 Å². The van der Waals surface area contributed by atoms with E-state index in [1.54, 1.807) is 0 Å². The van der Waals surface area contributed by atoms with Crippen molar-refractivity contribution < 1.29 is 4.74 Å². The SMILES string of the molecule is CCNC(c1ccc(SCC)cc1)C1CCCOC1. The molecule has 0 aromatic heterocycles. The first-order valence-electron chi connectivity index (χ1n) is 7.39. The van der Waals surface area contributed by atoms with Crippen molar-refractivity contribution in [2.24, 2.45) is 5.92 Å². The van der Waals surface area contributed by atoms with Crippen LogP contribution >= 0.6 is 11.8 Å². The second kappa shape index (κ2) is 7.93. The molecule has 19 heavy (non-hydrogen) atoms. The minimum Gasteiger partial charge on any atom is -0.381 e. The van der Waals surface area contributed by atoms with Gasteiger partial charge in [-0.3, -0.25) is 0 Å². The van der Waals surface area contributed by atoms with Gasteiger partial charge in [0.25, 0.3) is 0 Å². The van der Waals surface area contributed by atoms with Gasteiger partial charge in [0.15, 0.2) is 0 Å². The van der Waals surface area contributed by atoms with Crippen molar-refractivity contribution in [2.45, 2.75) is 37.6 Å². The van der Waals surface area contributed by atoms with Crippen molar-refractivity contribution >= 4 is 11.8 Å². The Labute approximate surface area is 121 Å². The third kappa shape index (κ3) is 4.23. The highest BCUT2D eigenvalue weighted by Crippen LogP contribution is 2.30. The number of ether oxygens (including phenoxy) is 1. The van der Waals surface area contributed by atoms with Crippen LogP contribution in [0.5, 0.6) is 0 Å². The van der Waals surface area contributed by atoms with Gasteiger partial charge in [0.1, 0.15) is 0 Å². The lowest BCUT2D eigenvalue weighted by molar-refractivity contribution is 0.0393. The monoisotopic (exact) mass is 279 g/mol. The molecule has 1 fully saturated rings. The fourth-order valence-electron chi connectivity index (χ4n) is 2.74. The molecule has 2 nitrogen and oxygen atoms in total. The lowest BCUT2D eigenvalue weighted by Gasteiger charge is -2.31. The molecule has 1 saturated heterocycles. The zero-order chi connectivity index (χ0) is 13.5. The average molecular weight is 279 g/mol. The van der Waals surface area contributed by atoms with Gasteiger partial charge in [-0.1, -0.05) is 26.0 Å². The van der Waals surface area contributed by atoms with Gasteiger partial charge in [0, 0.05) is 23.5 Å². The van der Waals surface area contributed by atoms with E-state index >= 15 is 0 Å². The molecule has 106 valence electrons. The fourth-order valence-corrected chi connectivity index (χ4v) is 3.41. The Kier molecular flexibility index (Phi) is 6.21. The molecule has 0 amide bonds. The predicted octanol–water partition coefficient (Wildman–Crippen LogP) is 3.88. The van der Waals surface area contributed by atoms with E-state index in [2.05, 4.69) is 43.4 Å². The van der Waals surface area contributed by atoms with E-state index in [4.69, 9.17) is 4.74 Å². The number of hydrogen-bond acceptors (Lipinski definition) is 3. The molecular weight excluding hydrogens is 254 g/mol. The number of rotatable bonds is 6. The summed E-state index contributed by atoms with van der Waals surface area (Å²) in [6, 6.07) is 9.49. The molecule has 1 aliphatic heterocycles. The normalized spacial score (nSPS) is 21.3. The molecule has 2 atom stereocenters. The topological polar surface area (TPSA) is 21.3 Å². The first kappa shape index (κ1) is 14.9. The molecular formula is C16H25NOS. The van der Waals surface area contributed by atoms with Crippen LogP contribution in [0.15, 0.2) is 29.2 Å². The third-order valence-corrected chi connectivity index (χ3v) is 4.54. The molecule has 2 unspecified atom stereocenters. The molecule has 2 rings (SSSR count). The maximum atomic E-state index is 5.65. The standard InChI is InChI=1S/C16H25NOS/c1-3-17-16(14-6-5-11-18-12-14)13-7-9-15(10-8-13)19-4-2/h7-10,14,16-17H,3-6,11-12H2,1-2H3. The molecule has 1 heterocycles. The summed E-state index contributed by atoms with van der Waals surface area (Å²) in [5, 5.41) is 3.63. The second-order valence-electron chi connectivity index (χ2n) is 5.01. The van der Waals surface area contributed by atoms with Gasteiger partial charge in [0.05, 0.1) is 6.61 Å². The summed E-state index contributed by atoms with van der Waals surface area (Å²) >= 11 is 1.90. The van der Waals surface area contributed by atoms with Crippen molar-refractivity contribution in [3.05, 3.63) is 29.8 Å². The fraction of sp³-hybridized carbons (Fsp3) is 0.625. The maximum absolute atomic E-state index is 5.65. The van der Waals surface area contributed by atoms with Gasteiger partial charge in [-0.25, -0.2) is 0 Å². The lowest BCUT2D eigenvalue weighted by atomic mass is 9.88. The van der Waals surface area contributed by atoms with Crippen molar-refractivity contribution in [1.82, 2.24) is 5.32 Å². The van der Waals surface area contributed by atoms with E-state index in [0.717, 1.165) is 25.5 Å². The van der Waals surface area contributed by atoms with Gasteiger partial charge in [0.2, 0.25) is 0 Å². The minimum atomic E-state index is 0.436. The maximum Gasteiger partial charge on any atom is 0.0512 e. The van der Waals surface area contributed by atoms with Crippen molar-refractivity contribution in [1.29, 1.82) is 0 Å². The van der Waals surface area contributed by atoms with Gasteiger partial charge in [-0.2, -0.15) is 0 Å². The van der Waals surface area contributed by atoms with E-state index in [1.807, 2.05) is 11.8 Å². The molecule has 1 aromatic carbocycles. The summed E-state index contributed by atoms with van der Waals surface area (Å²) in [6.45, 7) is 7.20. The molecule has 3 heteroatoms. The van der Waals surface area contributed by atoms with E-state index in [-0.39, 0.29) is 0 Å². The summed E-state index contributed by atoms with van der Waals surface area (Å²) < 4.78 is 5.65. The van der Waals surface area contributed by atoms with Crippen LogP contribution in [0.25, 0.3) is 0 Å². The molecule has 0 saturated carbocycles. The van der Waals surface area contributed by atoms with Gasteiger partial charge in [-0.15, -0.1) is 11.8 Å². The lowest BCUT2D eigenvalue weighted by Crippen LogP contribution is -2.33. The highest BCUT2D eigenvalue weighted by atomic mass is 32.2. The molecule has 1 aliphatic rings. The first-order chi connectivity index (χ1) is 9.35. The molecule has 0 bridgehead atoms. The van der Waals surface area contributed by atoms with Gasteiger partial charge >= 0.3 is 0 Å². The van der Waals surface area contributed by atoms with Crippen LogP contribution in [-0.4, -0.2) is 25.5 Å². The van der Waals surface area contributed by atoms with Crippen molar-refractivity contribution in [2.75, 3.05) is 25.5 Å². The Morgan fingerprint density at radius 1 is 1.32 bits per heavy atom. The second-order valence-corrected chi connectivity index (χ2v) is 6.35. The van der Waals surface area contributed by atoms with Crippen LogP contribution in [0.2, 0.25) is 0 Å². The van der Waals surface area contributed by atoms with Crippen molar-refractivity contribution in [3.63, 3.8) is 0 Å². The molecule has 0 aliphatic carbocycles. The smallest absolute Gasteiger partial charge is 0.0512 e. The van der Waals surface area contributed by atoms with E-state index in [0.29, 0.717) is 12.0 Å². The minimum absolute atomic E-state index is 0.436.